The third-order valence-electron chi connectivity index (χ3n) is 3.47. The second-order valence-electron chi connectivity index (χ2n) is 4.48. The van der Waals surface area contributed by atoms with E-state index in [4.69, 9.17) is 5.73 Å². The van der Waals surface area contributed by atoms with Gasteiger partial charge in [-0.3, -0.25) is 4.99 Å². The Labute approximate surface area is 79.8 Å². The highest BCUT2D eigenvalue weighted by atomic mass is 15.2. The minimum Gasteiger partial charge on any atom is -0.370 e. The average molecular weight is 181 g/mol. The number of nitrogens with one attached hydrogen (secondary N) is 1. The van der Waals surface area contributed by atoms with Crippen LogP contribution in [0, 0.1) is 5.92 Å². The Kier molecular flexibility index (Phi) is 2.18. The number of nitrogens with two attached hydrogens (primary N) is 1. The average Bonchev–Trinajstić information content (AvgIpc) is 2.47. The second-order valence-corrected chi connectivity index (χ2v) is 4.48. The highest BCUT2D eigenvalue weighted by Gasteiger charge is 2.38. The standard InChI is InChI=1S/C10H19N3/c1-2-8-4-3-5-10(6-8)7-12-9(11)13-10/h8H,2-7H2,1H3,(H3,11,12,13). The molecule has 13 heavy (non-hydrogen) atoms. The Bertz CT molecular complexity index is 224. The van der Waals surface area contributed by atoms with Gasteiger partial charge < -0.3 is 11.1 Å². The third kappa shape index (κ3) is 1.64. The lowest BCUT2D eigenvalue weighted by Crippen LogP contribution is -2.50. The first-order valence-electron chi connectivity index (χ1n) is 5.32. The van der Waals surface area contributed by atoms with Crippen LogP contribution in [0.5, 0.6) is 0 Å². The molecule has 3 N–H and O–H groups in total. The van der Waals surface area contributed by atoms with Crippen molar-refractivity contribution in [2.45, 2.75) is 44.6 Å². The van der Waals surface area contributed by atoms with Crippen LogP contribution in [0.15, 0.2) is 4.99 Å². The molecular formula is C10H19N3. The predicted molar refractivity (Wildman–Crippen MR) is 54.6 cm³/mol. The zero-order valence-electron chi connectivity index (χ0n) is 8.34. The molecule has 3 heteroatoms. The van der Waals surface area contributed by atoms with Crippen molar-refractivity contribution in [3.63, 3.8) is 0 Å². The molecule has 1 saturated carbocycles. The van der Waals surface area contributed by atoms with Gasteiger partial charge in [0.15, 0.2) is 5.96 Å². The van der Waals surface area contributed by atoms with E-state index < -0.39 is 0 Å². The molecular weight excluding hydrogens is 162 g/mol. The van der Waals surface area contributed by atoms with Gasteiger partial charge in [-0.05, 0) is 18.8 Å². The van der Waals surface area contributed by atoms with E-state index in [9.17, 15) is 0 Å². The molecule has 0 saturated heterocycles. The topological polar surface area (TPSA) is 50.4 Å². The largest absolute Gasteiger partial charge is 0.370 e. The first-order chi connectivity index (χ1) is 6.24. The van der Waals surface area contributed by atoms with E-state index in [1.165, 1.54) is 32.1 Å². The van der Waals surface area contributed by atoms with Gasteiger partial charge in [-0.15, -0.1) is 0 Å². The third-order valence-corrected chi connectivity index (χ3v) is 3.47. The Balaban J connectivity index is 2.00. The van der Waals surface area contributed by atoms with Crippen LogP contribution in [0.3, 0.4) is 0 Å². The summed E-state index contributed by atoms with van der Waals surface area (Å²) in [6.45, 7) is 3.18. The van der Waals surface area contributed by atoms with E-state index in [0.717, 1.165) is 12.5 Å². The predicted octanol–water partition coefficient (Wildman–Crippen LogP) is 1.24. The fraction of sp³-hybridized carbons (Fsp3) is 0.900. The van der Waals surface area contributed by atoms with Gasteiger partial charge in [-0.2, -0.15) is 0 Å². The van der Waals surface area contributed by atoms with Gasteiger partial charge in [0.1, 0.15) is 0 Å². The van der Waals surface area contributed by atoms with Crippen molar-refractivity contribution in [1.29, 1.82) is 0 Å². The maximum Gasteiger partial charge on any atom is 0.189 e. The van der Waals surface area contributed by atoms with Gasteiger partial charge in [0, 0.05) is 0 Å². The molecule has 2 unspecified atom stereocenters. The van der Waals surface area contributed by atoms with Crippen LogP contribution in [-0.2, 0) is 0 Å². The van der Waals surface area contributed by atoms with Crippen molar-refractivity contribution in [3.05, 3.63) is 0 Å². The van der Waals surface area contributed by atoms with Gasteiger partial charge in [0.2, 0.25) is 0 Å². The minimum atomic E-state index is 0.239. The van der Waals surface area contributed by atoms with Crippen LogP contribution in [-0.4, -0.2) is 18.0 Å². The van der Waals surface area contributed by atoms with Crippen LogP contribution in [0.25, 0.3) is 0 Å². The van der Waals surface area contributed by atoms with Crippen molar-refractivity contribution in [1.82, 2.24) is 5.32 Å². The van der Waals surface area contributed by atoms with Gasteiger partial charge in [-0.1, -0.05) is 26.2 Å². The fourth-order valence-corrected chi connectivity index (χ4v) is 2.68. The number of hydrogen-bond acceptors (Lipinski definition) is 3. The van der Waals surface area contributed by atoms with E-state index in [0.29, 0.717) is 5.96 Å². The van der Waals surface area contributed by atoms with E-state index >= 15 is 0 Å². The molecule has 0 aromatic rings. The molecule has 2 aliphatic rings. The van der Waals surface area contributed by atoms with Crippen LogP contribution >= 0.6 is 0 Å². The molecule has 2 rings (SSSR count). The summed E-state index contributed by atoms with van der Waals surface area (Å²) in [5.41, 5.74) is 5.91. The zero-order valence-corrected chi connectivity index (χ0v) is 8.34. The van der Waals surface area contributed by atoms with E-state index in [2.05, 4.69) is 17.2 Å². The number of rotatable bonds is 1. The molecule has 0 amide bonds. The molecule has 1 spiro atoms. The van der Waals surface area contributed by atoms with Gasteiger partial charge in [-0.25, -0.2) is 0 Å². The summed E-state index contributed by atoms with van der Waals surface area (Å²) < 4.78 is 0. The summed E-state index contributed by atoms with van der Waals surface area (Å²) in [6.07, 6.45) is 6.51. The smallest absolute Gasteiger partial charge is 0.189 e. The van der Waals surface area contributed by atoms with Gasteiger partial charge >= 0.3 is 0 Å². The maximum absolute atomic E-state index is 5.67. The Morgan fingerprint density at radius 1 is 1.69 bits per heavy atom. The van der Waals surface area contributed by atoms with Crippen molar-refractivity contribution in [3.8, 4) is 0 Å². The van der Waals surface area contributed by atoms with Crippen molar-refractivity contribution >= 4 is 5.96 Å². The first kappa shape index (κ1) is 8.85. The molecule has 0 aromatic heterocycles. The number of hydrogen-bond donors (Lipinski definition) is 2. The van der Waals surface area contributed by atoms with E-state index in [-0.39, 0.29) is 5.54 Å². The number of aliphatic imine (C=N–C) groups is 1. The summed E-state index contributed by atoms with van der Waals surface area (Å²) in [5.74, 6) is 1.53. The monoisotopic (exact) mass is 181 g/mol. The lowest BCUT2D eigenvalue weighted by Gasteiger charge is -2.37. The Hall–Kier alpha value is -0.730. The van der Waals surface area contributed by atoms with Crippen LogP contribution in [0.2, 0.25) is 0 Å². The summed E-state index contributed by atoms with van der Waals surface area (Å²) >= 11 is 0. The molecule has 1 heterocycles. The molecule has 1 aliphatic carbocycles. The number of guanidine groups is 1. The molecule has 3 nitrogen and oxygen atoms in total. The lowest BCUT2D eigenvalue weighted by molar-refractivity contribution is 0.214. The molecule has 0 aromatic carbocycles. The van der Waals surface area contributed by atoms with Crippen molar-refractivity contribution in [2.75, 3.05) is 6.54 Å². The summed E-state index contributed by atoms with van der Waals surface area (Å²) in [6, 6.07) is 0. The number of nitrogens with zero attached hydrogens (tertiary/aromatic N) is 1. The Morgan fingerprint density at radius 2 is 2.54 bits per heavy atom. The van der Waals surface area contributed by atoms with E-state index in [1.807, 2.05) is 0 Å². The molecule has 0 radical (unpaired) electrons. The summed E-state index contributed by atoms with van der Waals surface area (Å²) in [4.78, 5) is 4.27. The molecule has 74 valence electrons. The van der Waals surface area contributed by atoms with Crippen LogP contribution < -0.4 is 11.1 Å². The molecule has 0 bridgehead atoms. The highest BCUT2D eigenvalue weighted by Crippen LogP contribution is 2.35. The van der Waals surface area contributed by atoms with Crippen LogP contribution in [0.4, 0.5) is 0 Å². The normalized spacial score (nSPS) is 38.8. The molecule has 2 atom stereocenters. The lowest BCUT2D eigenvalue weighted by atomic mass is 9.75. The van der Waals surface area contributed by atoms with E-state index in [1.54, 1.807) is 0 Å². The van der Waals surface area contributed by atoms with Gasteiger partial charge in [0.25, 0.3) is 0 Å². The zero-order chi connectivity index (χ0) is 9.31. The van der Waals surface area contributed by atoms with Gasteiger partial charge in [0.05, 0.1) is 12.1 Å². The quantitative estimate of drug-likeness (QED) is 0.639. The van der Waals surface area contributed by atoms with Crippen LogP contribution in [0.1, 0.15) is 39.0 Å². The first-order valence-corrected chi connectivity index (χ1v) is 5.32. The van der Waals surface area contributed by atoms with Crippen molar-refractivity contribution in [2.24, 2.45) is 16.6 Å². The molecule has 1 fully saturated rings. The Morgan fingerprint density at radius 3 is 3.15 bits per heavy atom. The maximum atomic E-state index is 5.67. The minimum absolute atomic E-state index is 0.239. The molecule has 1 aliphatic heterocycles. The summed E-state index contributed by atoms with van der Waals surface area (Å²) in [7, 11) is 0. The summed E-state index contributed by atoms with van der Waals surface area (Å²) in [5, 5.41) is 3.36. The van der Waals surface area contributed by atoms with Crippen molar-refractivity contribution < 1.29 is 0 Å². The fourth-order valence-electron chi connectivity index (χ4n) is 2.68. The highest BCUT2D eigenvalue weighted by molar-refractivity contribution is 5.80. The second kappa shape index (κ2) is 3.20. The SMILES string of the molecule is CCC1CCCC2(CN=C(N)N2)C1.